The zero-order valence-electron chi connectivity index (χ0n) is 13.5. The number of nitrogens with one attached hydrogen (secondary N) is 1. The lowest BCUT2D eigenvalue weighted by molar-refractivity contribution is 0.270. The van der Waals surface area contributed by atoms with E-state index in [2.05, 4.69) is 25.2 Å². The lowest BCUT2D eigenvalue weighted by Crippen LogP contribution is -2.30. The minimum absolute atomic E-state index is 0.00662. The third-order valence-electron chi connectivity index (χ3n) is 4.06. The molecule has 0 aliphatic carbocycles. The van der Waals surface area contributed by atoms with E-state index in [1.165, 1.54) is 0 Å². The molecule has 1 atom stereocenters. The Kier molecular flexibility index (Phi) is 4.44. The van der Waals surface area contributed by atoms with Gasteiger partial charge in [0.1, 0.15) is 5.75 Å². The second kappa shape index (κ2) is 6.50. The smallest absolute Gasteiger partial charge is 0.157 e. The number of ether oxygens (including phenoxy) is 1. The molecule has 0 amide bonds. The van der Waals surface area contributed by atoms with E-state index in [0.29, 0.717) is 12.5 Å². The van der Waals surface area contributed by atoms with Crippen LogP contribution in [-0.4, -0.2) is 23.4 Å². The fourth-order valence-electron chi connectivity index (χ4n) is 2.93. The van der Waals surface area contributed by atoms with Crippen LogP contribution < -0.4 is 10.1 Å². The zero-order valence-corrected chi connectivity index (χ0v) is 13.5. The van der Waals surface area contributed by atoms with Crippen molar-refractivity contribution in [3.05, 3.63) is 53.1 Å². The Morgan fingerprint density at radius 1 is 1.17 bits per heavy atom. The summed E-state index contributed by atoms with van der Waals surface area (Å²) in [6, 6.07) is 11.4. The monoisotopic (exact) mass is 313 g/mol. The molecule has 1 unspecified atom stereocenters. The van der Waals surface area contributed by atoms with Crippen LogP contribution in [-0.2, 0) is 6.42 Å². The van der Waals surface area contributed by atoms with Crippen LogP contribution in [0.5, 0.6) is 17.2 Å². The molecule has 3 N–H and O–H groups in total. The van der Waals surface area contributed by atoms with Gasteiger partial charge in [0.15, 0.2) is 11.5 Å². The number of benzene rings is 2. The van der Waals surface area contributed by atoms with Crippen molar-refractivity contribution in [3.8, 4) is 17.2 Å². The minimum atomic E-state index is -0.0790. The molecular weight excluding hydrogens is 290 g/mol. The van der Waals surface area contributed by atoms with Crippen LogP contribution in [0.1, 0.15) is 36.6 Å². The van der Waals surface area contributed by atoms with Crippen LogP contribution in [0.25, 0.3) is 0 Å². The fraction of sp³-hybridized carbons (Fsp3) is 0.368. The highest BCUT2D eigenvalue weighted by atomic mass is 16.5. The highest BCUT2D eigenvalue weighted by Crippen LogP contribution is 2.36. The largest absolute Gasteiger partial charge is 0.504 e. The molecule has 0 bridgehead atoms. The van der Waals surface area contributed by atoms with Crippen LogP contribution in [0.15, 0.2) is 36.4 Å². The summed E-state index contributed by atoms with van der Waals surface area (Å²) >= 11 is 0. The Bertz CT molecular complexity index is 697. The first-order valence-electron chi connectivity index (χ1n) is 8.05. The van der Waals surface area contributed by atoms with Gasteiger partial charge in [-0.25, -0.2) is 0 Å². The summed E-state index contributed by atoms with van der Waals surface area (Å²) in [7, 11) is 0. The Hall–Kier alpha value is -2.20. The average Bonchev–Trinajstić information content (AvgIpc) is 2.54. The topological polar surface area (TPSA) is 61.7 Å². The molecule has 2 aromatic rings. The van der Waals surface area contributed by atoms with Crippen molar-refractivity contribution in [2.24, 2.45) is 5.92 Å². The van der Waals surface area contributed by atoms with Crippen molar-refractivity contribution >= 4 is 0 Å². The first-order valence-corrected chi connectivity index (χ1v) is 8.05. The van der Waals surface area contributed by atoms with Gasteiger partial charge in [0.05, 0.1) is 12.6 Å². The van der Waals surface area contributed by atoms with E-state index in [1.807, 2.05) is 18.2 Å². The highest BCUT2D eigenvalue weighted by molar-refractivity contribution is 5.50. The molecule has 1 aliphatic heterocycles. The molecule has 0 radical (unpaired) electrons. The first-order chi connectivity index (χ1) is 11.0. The number of phenols is 2. The van der Waals surface area contributed by atoms with Gasteiger partial charge in [-0.05, 0) is 53.3 Å². The third-order valence-corrected chi connectivity index (χ3v) is 4.06. The summed E-state index contributed by atoms with van der Waals surface area (Å²) in [5, 5.41) is 23.0. The summed E-state index contributed by atoms with van der Waals surface area (Å²) in [5.41, 5.74) is 3.17. The van der Waals surface area contributed by atoms with E-state index in [4.69, 9.17) is 4.74 Å². The summed E-state index contributed by atoms with van der Waals surface area (Å²) in [6.45, 7) is 5.77. The van der Waals surface area contributed by atoms with Gasteiger partial charge < -0.3 is 20.3 Å². The lowest BCUT2D eigenvalue weighted by Gasteiger charge is -2.28. The van der Waals surface area contributed by atoms with E-state index in [0.717, 1.165) is 35.4 Å². The van der Waals surface area contributed by atoms with E-state index in [9.17, 15) is 10.2 Å². The van der Waals surface area contributed by atoms with Crippen LogP contribution in [0.2, 0.25) is 0 Å². The molecule has 23 heavy (non-hydrogen) atoms. The first kappa shape index (κ1) is 15.7. The van der Waals surface area contributed by atoms with Crippen LogP contribution in [0.3, 0.4) is 0 Å². The molecule has 1 aliphatic rings. The number of hydrogen-bond donors (Lipinski definition) is 3. The van der Waals surface area contributed by atoms with Gasteiger partial charge in [-0.1, -0.05) is 26.0 Å². The Labute approximate surface area is 136 Å². The van der Waals surface area contributed by atoms with Crippen molar-refractivity contribution in [1.82, 2.24) is 5.32 Å². The number of phenolic OH excluding ortho intramolecular Hbond substituents is 2. The second-order valence-corrected chi connectivity index (χ2v) is 6.45. The van der Waals surface area contributed by atoms with Crippen LogP contribution in [0, 0.1) is 5.92 Å². The molecule has 0 spiro atoms. The van der Waals surface area contributed by atoms with Gasteiger partial charge >= 0.3 is 0 Å². The maximum atomic E-state index is 9.84. The number of aromatic hydroxyl groups is 2. The normalized spacial score (nSPS) is 17.1. The predicted octanol–water partition coefficient (Wildman–Crippen LogP) is 3.37. The molecule has 0 saturated heterocycles. The fourth-order valence-corrected chi connectivity index (χ4v) is 2.93. The molecule has 0 aromatic heterocycles. The molecule has 0 fully saturated rings. The van der Waals surface area contributed by atoms with Gasteiger partial charge in [-0.2, -0.15) is 0 Å². The minimum Gasteiger partial charge on any atom is -0.504 e. The lowest BCUT2D eigenvalue weighted by atomic mass is 9.89. The second-order valence-electron chi connectivity index (χ2n) is 6.45. The van der Waals surface area contributed by atoms with Crippen LogP contribution >= 0.6 is 0 Å². The molecule has 4 heteroatoms. The molecular formula is C19H23NO3. The third kappa shape index (κ3) is 3.42. The van der Waals surface area contributed by atoms with Gasteiger partial charge in [0.25, 0.3) is 0 Å². The zero-order chi connectivity index (χ0) is 16.4. The summed E-state index contributed by atoms with van der Waals surface area (Å²) in [4.78, 5) is 0. The molecule has 3 rings (SSSR count). The maximum Gasteiger partial charge on any atom is 0.157 e. The molecule has 0 saturated carbocycles. The van der Waals surface area contributed by atoms with Crippen molar-refractivity contribution in [2.75, 3.05) is 13.2 Å². The van der Waals surface area contributed by atoms with Gasteiger partial charge in [0, 0.05) is 6.54 Å². The average molecular weight is 313 g/mol. The standard InChI is InChI=1S/C19H23NO3/c1-12(2)11-23-15-5-3-4-14(8-15)19-16-10-18(22)17(21)9-13(16)6-7-20-19/h3-5,8-10,12,19-22H,6-7,11H2,1-2H3. The van der Waals surface area contributed by atoms with E-state index >= 15 is 0 Å². The summed E-state index contributed by atoms with van der Waals surface area (Å²) < 4.78 is 5.81. The van der Waals surface area contributed by atoms with E-state index < -0.39 is 0 Å². The Balaban J connectivity index is 1.91. The molecule has 4 nitrogen and oxygen atoms in total. The van der Waals surface area contributed by atoms with Gasteiger partial charge in [0.2, 0.25) is 0 Å². The van der Waals surface area contributed by atoms with E-state index in [-0.39, 0.29) is 17.5 Å². The Morgan fingerprint density at radius 3 is 2.74 bits per heavy atom. The van der Waals surface area contributed by atoms with E-state index in [1.54, 1.807) is 12.1 Å². The highest BCUT2D eigenvalue weighted by Gasteiger charge is 2.23. The van der Waals surface area contributed by atoms with Gasteiger partial charge in [-0.3, -0.25) is 0 Å². The number of rotatable bonds is 4. The van der Waals surface area contributed by atoms with Crippen molar-refractivity contribution in [3.63, 3.8) is 0 Å². The Morgan fingerprint density at radius 2 is 1.96 bits per heavy atom. The maximum absolute atomic E-state index is 9.84. The number of fused-ring (bicyclic) bond motifs is 1. The molecule has 122 valence electrons. The van der Waals surface area contributed by atoms with Crippen molar-refractivity contribution in [1.29, 1.82) is 0 Å². The van der Waals surface area contributed by atoms with Crippen LogP contribution in [0.4, 0.5) is 0 Å². The molecule has 1 heterocycles. The van der Waals surface area contributed by atoms with Crippen molar-refractivity contribution in [2.45, 2.75) is 26.3 Å². The van der Waals surface area contributed by atoms with Gasteiger partial charge in [-0.15, -0.1) is 0 Å². The number of hydrogen-bond acceptors (Lipinski definition) is 4. The predicted molar refractivity (Wildman–Crippen MR) is 90.1 cm³/mol. The summed E-state index contributed by atoms with van der Waals surface area (Å²) in [6.07, 6.45) is 0.837. The molecule has 2 aromatic carbocycles. The van der Waals surface area contributed by atoms with Crippen molar-refractivity contribution < 1.29 is 14.9 Å². The SMILES string of the molecule is CC(C)COc1cccc(C2NCCc3cc(O)c(O)cc32)c1. The summed E-state index contributed by atoms with van der Waals surface area (Å²) in [5.74, 6) is 1.20. The quantitative estimate of drug-likeness (QED) is 0.757.